The van der Waals surface area contributed by atoms with Crippen LogP contribution in [0.3, 0.4) is 0 Å². The molecule has 0 fully saturated rings. The van der Waals surface area contributed by atoms with Crippen molar-refractivity contribution in [2.24, 2.45) is 5.73 Å². The van der Waals surface area contributed by atoms with Gasteiger partial charge in [0.15, 0.2) is 0 Å². The zero-order chi connectivity index (χ0) is 12.3. The molecular formula is C12H10N4O. The van der Waals surface area contributed by atoms with Crippen LogP contribution in [0.5, 0.6) is 0 Å². The number of rotatable bonds is 3. The van der Waals surface area contributed by atoms with Crippen LogP contribution in [-0.4, -0.2) is 15.7 Å². The molecule has 0 atom stereocenters. The minimum absolute atomic E-state index is 0.249. The summed E-state index contributed by atoms with van der Waals surface area (Å²) in [6, 6.07) is 10.8. The summed E-state index contributed by atoms with van der Waals surface area (Å²) in [4.78, 5) is 10.9. The van der Waals surface area contributed by atoms with E-state index in [0.717, 1.165) is 5.56 Å². The number of nitriles is 1. The lowest BCUT2D eigenvalue weighted by Gasteiger charge is -2.01. The third-order valence-corrected chi connectivity index (χ3v) is 2.32. The van der Waals surface area contributed by atoms with Crippen LogP contribution >= 0.6 is 0 Å². The Morgan fingerprint density at radius 3 is 2.59 bits per heavy atom. The van der Waals surface area contributed by atoms with Crippen molar-refractivity contribution in [2.75, 3.05) is 0 Å². The van der Waals surface area contributed by atoms with E-state index in [-0.39, 0.29) is 5.69 Å². The lowest BCUT2D eigenvalue weighted by atomic mass is 10.1. The first kappa shape index (κ1) is 10.9. The molecule has 1 amide bonds. The van der Waals surface area contributed by atoms with Crippen LogP contribution in [0.25, 0.3) is 0 Å². The van der Waals surface area contributed by atoms with E-state index in [9.17, 15) is 4.79 Å². The Hall–Kier alpha value is -2.61. The van der Waals surface area contributed by atoms with Gasteiger partial charge in [-0.2, -0.15) is 10.4 Å². The molecule has 0 saturated heterocycles. The summed E-state index contributed by atoms with van der Waals surface area (Å²) >= 11 is 0. The predicted octanol–water partition coefficient (Wildman–Crippen LogP) is 0.902. The molecule has 1 aromatic carbocycles. The van der Waals surface area contributed by atoms with E-state index >= 15 is 0 Å². The molecule has 1 aromatic heterocycles. The molecule has 5 heteroatoms. The number of carbonyl (C=O) groups excluding carboxylic acids is 1. The summed E-state index contributed by atoms with van der Waals surface area (Å²) in [6.45, 7) is 0.541. The van der Waals surface area contributed by atoms with E-state index < -0.39 is 5.91 Å². The van der Waals surface area contributed by atoms with Gasteiger partial charge in [-0.15, -0.1) is 0 Å². The standard InChI is InChI=1S/C12H10N4O/c13-7-9-1-3-10(4-2-9)8-16-6-5-11(15-16)12(14)17/h1-6H,8H2,(H2,14,17). The maximum Gasteiger partial charge on any atom is 0.269 e. The largest absolute Gasteiger partial charge is 0.364 e. The SMILES string of the molecule is N#Cc1ccc(Cn2ccc(C(N)=O)n2)cc1. The molecule has 0 radical (unpaired) electrons. The maximum absolute atomic E-state index is 10.9. The molecular weight excluding hydrogens is 216 g/mol. The van der Waals surface area contributed by atoms with Crippen molar-refractivity contribution in [3.05, 3.63) is 53.3 Å². The second kappa shape index (κ2) is 4.49. The van der Waals surface area contributed by atoms with Crippen molar-refractivity contribution in [3.8, 4) is 6.07 Å². The van der Waals surface area contributed by atoms with Gasteiger partial charge in [0.1, 0.15) is 5.69 Å². The van der Waals surface area contributed by atoms with E-state index in [1.54, 1.807) is 29.1 Å². The van der Waals surface area contributed by atoms with Crippen LogP contribution in [0.4, 0.5) is 0 Å². The number of amides is 1. The Bertz CT molecular complexity index is 577. The zero-order valence-electron chi connectivity index (χ0n) is 9.00. The number of nitrogens with zero attached hydrogens (tertiary/aromatic N) is 3. The Balaban J connectivity index is 2.14. The topological polar surface area (TPSA) is 84.7 Å². The minimum atomic E-state index is -0.538. The van der Waals surface area contributed by atoms with Crippen molar-refractivity contribution in [1.82, 2.24) is 9.78 Å². The van der Waals surface area contributed by atoms with Crippen LogP contribution in [0.1, 0.15) is 21.6 Å². The number of primary amides is 1. The van der Waals surface area contributed by atoms with Crippen LogP contribution in [-0.2, 0) is 6.54 Å². The fourth-order valence-corrected chi connectivity index (χ4v) is 1.45. The number of benzene rings is 1. The molecule has 1 heterocycles. The molecule has 84 valence electrons. The van der Waals surface area contributed by atoms with E-state index in [1.807, 2.05) is 12.1 Å². The average molecular weight is 226 g/mol. The second-order valence-electron chi connectivity index (χ2n) is 3.57. The smallest absolute Gasteiger partial charge is 0.269 e. The van der Waals surface area contributed by atoms with Crippen LogP contribution in [0.15, 0.2) is 36.5 Å². The maximum atomic E-state index is 10.9. The monoisotopic (exact) mass is 226 g/mol. The van der Waals surface area contributed by atoms with Crippen molar-refractivity contribution in [1.29, 1.82) is 5.26 Å². The van der Waals surface area contributed by atoms with Crippen LogP contribution in [0.2, 0.25) is 0 Å². The molecule has 2 rings (SSSR count). The highest BCUT2D eigenvalue weighted by Crippen LogP contribution is 2.05. The molecule has 0 spiro atoms. The number of nitrogens with two attached hydrogens (primary N) is 1. The van der Waals surface area contributed by atoms with Crippen molar-refractivity contribution < 1.29 is 4.79 Å². The first-order valence-electron chi connectivity index (χ1n) is 5.01. The van der Waals surface area contributed by atoms with Gasteiger partial charge in [0.05, 0.1) is 18.2 Å². The fraction of sp³-hybridized carbons (Fsp3) is 0.0833. The van der Waals surface area contributed by atoms with Gasteiger partial charge in [0.2, 0.25) is 0 Å². The van der Waals surface area contributed by atoms with E-state index in [0.29, 0.717) is 12.1 Å². The van der Waals surface area contributed by atoms with Gasteiger partial charge in [0.25, 0.3) is 5.91 Å². The van der Waals surface area contributed by atoms with Crippen molar-refractivity contribution in [2.45, 2.75) is 6.54 Å². The third kappa shape index (κ3) is 2.49. The van der Waals surface area contributed by atoms with E-state index in [1.165, 1.54) is 0 Å². The molecule has 2 aromatic rings. The fourth-order valence-electron chi connectivity index (χ4n) is 1.45. The summed E-state index contributed by atoms with van der Waals surface area (Å²) < 4.78 is 1.63. The molecule has 0 saturated carbocycles. The lowest BCUT2D eigenvalue weighted by Crippen LogP contribution is -2.12. The summed E-state index contributed by atoms with van der Waals surface area (Å²) in [6.07, 6.45) is 1.69. The Labute approximate surface area is 98.1 Å². The first-order chi connectivity index (χ1) is 8.19. The Morgan fingerprint density at radius 2 is 2.06 bits per heavy atom. The average Bonchev–Trinajstić information content (AvgIpc) is 2.79. The van der Waals surface area contributed by atoms with Crippen LogP contribution < -0.4 is 5.73 Å². The number of hydrogen-bond donors (Lipinski definition) is 1. The summed E-state index contributed by atoms with van der Waals surface area (Å²) in [5, 5.41) is 12.7. The molecule has 0 aliphatic rings. The van der Waals surface area contributed by atoms with Gasteiger partial charge >= 0.3 is 0 Å². The van der Waals surface area contributed by atoms with Gasteiger partial charge in [-0.1, -0.05) is 12.1 Å². The lowest BCUT2D eigenvalue weighted by molar-refractivity contribution is 0.0995. The number of carbonyl (C=O) groups is 1. The van der Waals surface area contributed by atoms with Gasteiger partial charge in [0, 0.05) is 6.20 Å². The third-order valence-electron chi connectivity index (χ3n) is 2.32. The van der Waals surface area contributed by atoms with Crippen molar-refractivity contribution in [3.63, 3.8) is 0 Å². The molecule has 0 aliphatic heterocycles. The van der Waals surface area contributed by atoms with E-state index in [2.05, 4.69) is 11.2 Å². The highest BCUT2D eigenvalue weighted by Gasteiger charge is 2.04. The second-order valence-corrected chi connectivity index (χ2v) is 3.57. The molecule has 2 N–H and O–H groups in total. The zero-order valence-corrected chi connectivity index (χ0v) is 9.00. The van der Waals surface area contributed by atoms with E-state index in [4.69, 9.17) is 11.0 Å². The molecule has 0 unspecified atom stereocenters. The number of hydrogen-bond acceptors (Lipinski definition) is 3. The molecule has 0 bridgehead atoms. The minimum Gasteiger partial charge on any atom is -0.364 e. The Kier molecular flexibility index (Phi) is 2.88. The van der Waals surface area contributed by atoms with Gasteiger partial charge < -0.3 is 5.73 Å². The van der Waals surface area contributed by atoms with Crippen molar-refractivity contribution >= 4 is 5.91 Å². The highest BCUT2D eigenvalue weighted by atomic mass is 16.1. The molecule has 17 heavy (non-hydrogen) atoms. The summed E-state index contributed by atoms with van der Waals surface area (Å²) in [5.74, 6) is -0.538. The quantitative estimate of drug-likeness (QED) is 0.843. The summed E-state index contributed by atoms with van der Waals surface area (Å²) in [7, 11) is 0. The highest BCUT2D eigenvalue weighted by molar-refractivity contribution is 5.90. The van der Waals surface area contributed by atoms with Gasteiger partial charge in [-0.3, -0.25) is 9.48 Å². The van der Waals surface area contributed by atoms with Crippen LogP contribution in [0, 0.1) is 11.3 Å². The predicted molar refractivity (Wildman–Crippen MR) is 61.0 cm³/mol. The molecule has 0 aliphatic carbocycles. The first-order valence-corrected chi connectivity index (χ1v) is 5.01. The summed E-state index contributed by atoms with van der Waals surface area (Å²) in [5.41, 5.74) is 6.98. The van der Waals surface area contributed by atoms with Gasteiger partial charge in [-0.25, -0.2) is 0 Å². The Morgan fingerprint density at radius 1 is 1.35 bits per heavy atom. The normalized spacial score (nSPS) is 9.82. The number of aromatic nitrogens is 2. The molecule has 5 nitrogen and oxygen atoms in total. The van der Waals surface area contributed by atoms with Gasteiger partial charge in [-0.05, 0) is 23.8 Å².